The molecule has 1 aliphatic carbocycles. The Labute approximate surface area is 141 Å². The lowest BCUT2D eigenvalue weighted by Gasteiger charge is -2.42. The van der Waals surface area contributed by atoms with E-state index in [4.69, 9.17) is 0 Å². The van der Waals surface area contributed by atoms with Crippen molar-refractivity contribution >= 4 is 0 Å². The molecular formula is C19H20N4O. The van der Waals surface area contributed by atoms with Gasteiger partial charge in [0.2, 0.25) is 0 Å². The second-order valence-corrected chi connectivity index (χ2v) is 6.76. The van der Waals surface area contributed by atoms with E-state index in [0.717, 1.165) is 41.2 Å². The van der Waals surface area contributed by atoms with Crippen LogP contribution in [0.25, 0.3) is 22.6 Å². The topological polar surface area (TPSA) is 63.8 Å². The Morgan fingerprint density at radius 1 is 1.04 bits per heavy atom. The van der Waals surface area contributed by atoms with Crippen molar-refractivity contribution in [3.63, 3.8) is 0 Å². The fraction of sp³-hybridized carbons (Fsp3) is 0.316. The predicted molar refractivity (Wildman–Crippen MR) is 92.3 cm³/mol. The van der Waals surface area contributed by atoms with Crippen molar-refractivity contribution < 1.29 is 5.11 Å². The fourth-order valence-corrected chi connectivity index (χ4v) is 3.47. The summed E-state index contributed by atoms with van der Waals surface area (Å²) in [6.45, 7) is 3.84. The summed E-state index contributed by atoms with van der Waals surface area (Å²) in [4.78, 5) is 13.6. The molecule has 1 aliphatic rings. The molecule has 122 valence electrons. The minimum absolute atomic E-state index is 0.237. The first-order valence-corrected chi connectivity index (χ1v) is 8.18. The van der Waals surface area contributed by atoms with Gasteiger partial charge in [-0.05, 0) is 26.7 Å². The summed E-state index contributed by atoms with van der Waals surface area (Å²) in [5.74, 6) is 0. The van der Waals surface area contributed by atoms with Crippen LogP contribution in [-0.2, 0) is 0 Å². The minimum Gasteiger partial charge on any atom is -0.390 e. The van der Waals surface area contributed by atoms with E-state index in [1.807, 2.05) is 38.4 Å². The number of nitrogens with zero attached hydrogens (tertiary/aromatic N) is 4. The highest BCUT2D eigenvalue weighted by Crippen LogP contribution is 2.44. The van der Waals surface area contributed by atoms with E-state index in [-0.39, 0.29) is 6.04 Å². The summed E-state index contributed by atoms with van der Waals surface area (Å²) in [5.41, 5.74) is 4.08. The number of hydrogen-bond acceptors (Lipinski definition) is 4. The number of hydrogen-bond donors (Lipinski definition) is 1. The molecule has 0 bridgehead atoms. The van der Waals surface area contributed by atoms with E-state index in [9.17, 15) is 5.11 Å². The van der Waals surface area contributed by atoms with Crippen LogP contribution in [0.4, 0.5) is 0 Å². The summed E-state index contributed by atoms with van der Waals surface area (Å²) in [7, 11) is 0. The maximum absolute atomic E-state index is 10.1. The molecule has 0 aliphatic heterocycles. The Kier molecular flexibility index (Phi) is 3.46. The SMILES string of the molecule is Cc1nccnc1-c1c(-c2ccccc2)ncn1C1CC(C)(O)C1. The van der Waals surface area contributed by atoms with Crippen molar-refractivity contribution in [3.8, 4) is 22.6 Å². The van der Waals surface area contributed by atoms with Gasteiger partial charge in [0, 0.05) is 24.0 Å². The molecule has 0 amide bonds. The fourth-order valence-electron chi connectivity index (χ4n) is 3.47. The number of benzene rings is 1. The van der Waals surface area contributed by atoms with Crippen LogP contribution in [0.5, 0.6) is 0 Å². The maximum Gasteiger partial charge on any atom is 0.110 e. The van der Waals surface area contributed by atoms with Crippen molar-refractivity contribution in [1.82, 2.24) is 19.5 Å². The summed E-state index contributed by atoms with van der Waals surface area (Å²) in [5, 5.41) is 10.1. The van der Waals surface area contributed by atoms with Crippen LogP contribution in [0.2, 0.25) is 0 Å². The lowest BCUT2D eigenvalue weighted by atomic mass is 9.77. The number of aromatic nitrogens is 4. The van der Waals surface area contributed by atoms with Gasteiger partial charge >= 0.3 is 0 Å². The van der Waals surface area contributed by atoms with Crippen LogP contribution in [-0.4, -0.2) is 30.2 Å². The molecule has 1 N–H and O–H groups in total. The van der Waals surface area contributed by atoms with Gasteiger partial charge in [0.15, 0.2) is 0 Å². The second kappa shape index (κ2) is 5.53. The number of imidazole rings is 1. The zero-order valence-electron chi connectivity index (χ0n) is 13.8. The normalized spacial score (nSPS) is 23.0. The van der Waals surface area contributed by atoms with Gasteiger partial charge in [0.25, 0.3) is 0 Å². The zero-order chi connectivity index (χ0) is 16.7. The molecule has 0 unspecified atom stereocenters. The van der Waals surface area contributed by atoms with Crippen LogP contribution >= 0.6 is 0 Å². The molecule has 0 atom stereocenters. The van der Waals surface area contributed by atoms with Crippen LogP contribution in [0.15, 0.2) is 49.1 Å². The molecule has 4 rings (SSSR count). The molecule has 3 aromatic rings. The van der Waals surface area contributed by atoms with Crippen molar-refractivity contribution in [3.05, 3.63) is 54.7 Å². The van der Waals surface area contributed by atoms with Gasteiger partial charge in [-0.1, -0.05) is 30.3 Å². The summed E-state index contributed by atoms with van der Waals surface area (Å²) in [6.07, 6.45) is 6.74. The molecular weight excluding hydrogens is 300 g/mol. The van der Waals surface area contributed by atoms with Crippen LogP contribution in [0.1, 0.15) is 31.5 Å². The van der Waals surface area contributed by atoms with Gasteiger partial charge in [-0.25, -0.2) is 4.98 Å². The minimum atomic E-state index is -0.587. The molecule has 5 nitrogen and oxygen atoms in total. The molecule has 2 aromatic heterocycles. The number of rotatable bonds is 3. The Hall–Kier alpha value is -2.53. The van der Waals surface area contributed by atoms with Gasteiger partial charge in [0.1, 0.15) is 5.69 Å². The molecule has 0 saturated heterocycles. The van der Waals surface area contributed by atoms with Crippen molar-refractivity contribution in [1.29, 1.82) is 0 Å². The Balaban J connectivity index is 1.87. The summed E-state index contributed by atoms with van der Waals surface area (Å²) in [6, 6.07) is 10.4. The third-order valence-corrected chi connectivity index (χ3v) is 4.69. The predicted octanol–water partition coefficient (Wildman–Crippen LogP) is 3.40. The van der Waals surface area contributed by atoms with Gasteiger partial charge in [-0.2, -0.15) is 0 Å². The van der Waals surface area contributed by atoms with Crippen LogP contribution in [0.3, 0.4) is 0 Å². The highest BCUT2D eigenvalue weighted by molar-refractivity contribution is 5.77. The largest absolute Gasteiger partial charge is 0.390 e. The van der Waals surface area contributed by atoms with E-state index in [1.165, 1.54) is 0 Å². The third-order valence-electron chi connectivity index (χ3n) is 4.69. The summed E-state index contributed by atoms with van der Waals surface area (Å²) >= 11 is 0. The molecule has 24 heavy (non-hydrogen) atoms. The quantitative estimate of drug-likeness (QED) is 0.803. The van der Waals surface area contributed by atoms with E-state index >= 15 is 0 Å². The molecule has 2 heterocycles. The van der Waals surface area contributed by atoms with Crippen molar-refractivity contribution in [2.45, 2.75) is 38.3 Å². The standard InChI is InChI=1S/C19H20N4O/c1-13-16(21-9-8-20-13)18-17(14-6-4-3-5-7-14)22-12-23(18)15-10-19(2,24)11-15/h3-9,12,15,24H,10-11H2,1-2H3. The lowest BCUT2D eigenvalue weighted by Crippen LogP contribution is -2.41. The Bertz CT molecular complexity index is 862. The molecule has 1 fully saturated rings. The Morgan fingerprint density at radius 2 is 1.75 bits per heavy atom. The smallest absolute Gasteiger partial charge is 0.110 e. The van der Waals surface area contributed by atoms with E-state index in [0.29, 0.717) is 0 Å². The van der Waals surface area contributed by atoms with Gasteiger partial charge in [0.05, 0.1) is 29.0 Å². The Morgan fingerprint density at radius 3 is 2.42 bits per heavy atom. The molecule has 0 radical (unpaired) electrons. The zero-order valence-corrected chi connectivity index (χ0v) is 13.8. The van der Waals surface area contributed by atoms with Gasteiger partial charge < -0.3 is 9.67 Å². The van der Waals surface area contributed by atoms with Gasteiger partial charge in [-0.15, -0.1) is 0 Å². The third kappa shape index (κ3) is 2.51. The van der Waals surface area contributed by atoms with Crippen molar-refractivity contribution in [2.24, 2.45) is 0 Å². The molecule has 1 aromatic carbocycles. The van der Waals surface area contributed by atoms with E-state index in [1.54, 1.807) is 12.4 Å². The highest BCUT2D eigenvalue weighted by atomic mass is 16.3. The first kappa shape index (κ1) is 15.0. The highest BCUT2D eigenvalue weighted by Gasteiger charge is 2.40. The average Bonchev–Trinajstić information content (AvgIpc) is 2.98. The van der Waals surface area contributed by atoms with Crippen LogP contribution < -0.4 is 0 Å². The maximum atomic E-state index is 10.1. The monoisotopic (exact) mass is 320 g/mol. The van der Waals surface area contributed by atoms with Crippen LogP contribution in [0, 0.1) is 6.92 Å². The second-order valence-electron chi connectivity index (χ2n) is 6.76. The lowest BCUT2D eigenvalue weighted by molar-refractivity contribution is -0.0505. The molecule has 1 saturated carbocycles. The number of aryl methyl sites for hydroxylation is 1. The number of aliphatic hydroxyl groups is 1. The van der Waals surface area contributed by atoms with Crippen molar-refractivity contribution in [2.75, 3.05) is 0 Å². The first-order valence-electron chi connectivity index (χ1n) is 8.18. The van der Waals surface area contributed by atoms with Gasteiger partial charge in [-0.3, -0.25) is 9.97 Å². The van der Waals surface area contributed by atoms with E-state index in [2.05, 4.69) is 31.7 Å². The molecule has 0 spiro atoms. The first-order chi connectivity index (χ1) is 11.6. The summed E-state index contributed by atoms with van der Waals surface area (Å²) < 4.78 is 2.15. The average molecular weight is 320 g/mol. The van der Waals surface area contributed by atoms with E-state index < -0.39 is 5.60 Å². The molecule has 5 heteroatoms.